The first kappa shape index (κ1) is 33.4. The molecule has 11 rings (SSSR count). The van der Waals surface area contributed by atoms with Gasteiger partial charge in [0.15, 0.2) is 0 Å². The third kappa shape index (κ3) is 4.95. The van der Waals surface area contributed by atoms with Crippen molar-refractivity contribution >= 4 is 27.8 Å². The monoisotopic (exact) mass is 727 g/mol. The number of anilines is 3. The van der Waals surface area contributed by atoms with E-state index in [1.807, 2.05) is 0 Å². The predicted octanol–water partition coefficient (Wildman–Crippen LogP) is 14.6. The Labute approximate surface area is 335 Å². The highest BCUT2D eigenvalue weighted by Gasteiger charge is 2.46. The van der Waals surface area contributed by atoms with Crippen LogP contribution < -0.4 is 4.90 Å². The number of nitrogens with zero attached hydrogens (tertiary/aromatic N) is 1. The van der Waals surface area contributed by atoms with Crippen molar-refractivity contribution in [3.05, 3.63) is 246 Å². The number of rotatable bonds is 6. The number of fused-ring (bicyclic) bond motifs is 7. The third-order valence-electron chi connectivity index (χ3n) is 12.7. The van der Waals surface area contributed by atoms with E-state index in [1.54, 1.807) is 0 Å². The van der Waals surface area contributed by atoms with E-state index in [1.165, 1.54) is 77.5 Å². The Kier molecular flexibility index (Phi) is 7.50. The molecule has 0 atom stereocenters. The molecule has 2 aliphatic carbocycles. The van der Waals surface area contributed by atoms with Crippen molar-refractivity contribution in [2.45, 2.75) is 24.7 Å². The predicted molar refractivity (Wildman–Crippen MR) is 239 cm³/mol. The summed E-state index contributed by atoms with van der Waals surface area (Å²) in [7, 11) is 0. The molecule has 1 heteroatoms. The van der Waals surface area contributed by atoms with E-state index in [4.69, 9.17) is 0 Å². The van der Waals surface area contributed by atoms with Crippen LogP contribution in [0.1, 0.15) is 47.2 Å². The van der Waals surface area contributed by atoms with Gasteiger partial charge < -0.3 is 4.90 Å². The zero-order valence-corrected chi connectivity index (χ0v) is 32.2. The van der Waals surface area contributed by atoms with Crippen molar-refractivity contribution in [2.24, 2.45) is 0 Å². The van der Waals surface area contributed by atoms with Gasteiger partial charge in [0, 0.05) is 22.2 Å². The first-order valence-corrected chi connectivity index (χ1v) is 20.0. The second-order valence-electron chi connectivity index (χ2n) is 16.1. The molecule has 1 nitrogen and oxygen atoms in total. The fraction of sp³-hybridized carbons (Fsp3) is 0.0714. The van der Waals surface area contributed by atoms with Crippen molar-refractivity contribution in [3.63, 3.8) is 0 Å². The average molecular weight is 728 g/mol. The first-order chi connectivity index (χ1) is 28.0. The maximum Gasteiger partial charge on any atom is 0.0714 e. The van der Waals surface area contributed by atoms with Crippen LogP contribution in [0.5, 0.6) is 0 Å². The number of benzene rings is 9. The average Bonchev–Trinajstić information content (AvgIpc) is 3.69. The van der Waals surface area contributed by atoms with Crippen molar-refractivity contribution in [3.8, 4) is 33.4 Å². The molecule has 0 saturated carbocycles. The van der Waals surface area contributed by atoms with Gasteiger partial charge in [0.1, 0.15) is 0 Å². The second kappa shape index (κ2) is 12.8. The quantitative estimate of drug-likeness (QED) is 0.165. The summed E-state index contributed by atoms with van der Waals surface area (Å²) in [5, 5.41) is 2.44. The Hall–Kier alpha value is -6.96. The minimum atomic E-state index is -0.538. The van der Waals surface area contributed by atoms with E-state index in [0.29, 0.717) is 0 Å². The number of hydrogen-bond donors (Lipinski definition) is 0. The molecule has 0 spiro atoms. The van der Waals surface area contributed by atoms with Crippen LogP contribution in [0.25, 0.3) is 44.2 Å². The molecular formula is C56H41N. The lowest BCUT2D eigenvalue weighted by Crippen LogP contribution is -2.28. The topological polar surface area (TPSA) is 3.24 Å². The minimum absolute atomic E-state index is 0.0718. The van der Waals surface area contributed by atoms with Gasteiger partial charge in [-0.25, -0.2) is 0 Å². The Morgan fingerprint density at radius 3 is 1.68 bits per heavy atom. The molecule has 0 aliphatic heterocycles. The molecule has 2 aliphatic rings. The number of hydrogen-bond acceptors (Lipinski definition) is 1. The molecule has 270 valence electrons. The van der Waals surface area contributed by atoms with Crippen LogP contribution in [0.3, 0.4) is 0 Å². The summed E-state index contributed by atoms with van der Waals surface area (Å²) in [5.74, 6) is 0. The van der Waals surface area contributed by atoms with Gasteiger partial charge in [-0.1, -0.05) is 190 Å². The highest BCUT2D eigenvalue weighted by molar-refractivity contribution is 6.00. The standard InChI is InChI=1S/C56H41N/c1-55(2)50-27-15-14-26-46(50)49-36-43(31-34-51(49)55)57(54-28-16-20-39-19-12-13-25-45(39)54)44-30-32-47-48-35-40(38-17-6-3-7-18-38)29-33-52(48)56(53(47)37-44,41-21-8-4-9-22-41)42-23-10-5-11-24-42/h3-37H,1-2H3. The van der Waals surface area contributed by atoms with Crippen LogP contribution in [0.2, 0.25) is 0 Å². The van der Waals surface area contributed by atoms with E-state index >= 15 is 0 Å². The summed E-state index contributed by atoms with van der Waals surface area (Å²) in [6.07, 6.45) is 0. The van der Waals surface area contributed by atoms with Gasteiger partial charge in [-0.15, -0.1) is 0 Å². The summed E-state index contributed by atoms with van der Waals surface area (Å²) in [5.41, 5.74) is 18.3. The van der Waals surface area contributed by atoms with Crippen LogP contribution >= 0.6 is 0 Å². The van der Waals surface area contributed by atoms with Crippen LogP contribution in [0.4, 0.5) is 17.1 Å². The van der Waals surface area contributed by atoms with Gasteiger partial charge in [0.05, 0.1) is 11.1 Å². The van der Waals surface area contributed by atoms with Gasteiger partial charge in [-0.2, -0.15) is 0 Å². The van der Waals surface area contributed by atoms with Crippen molar-refractivity contribution in [1.82, 2.24) is 0 Å². The first-order valence-electron chi connectivity index (χ1n) is 20.0. The molecule has 0 amide bonds. The summed E-state index contributed by atoms with van der Waals surface area (Å²) >= 11 is 0. The SMILES string of the molecule is CC1(C)c2ccccc2-c2cc(N(c3ccc4c(c3)C(c3ccccc3)(c3ccccc3)c3ccc(-c5ccccc5)cc3-4)c3cccc4ccccc34)ccc21. The zero-order chi connectivity index (χ0) is 38.1. The molecular weight excluding hydrogens is 687 g/mol. The fourth-order valence-electron chi connectivity index (χ4n) is 10.1. The summed E-state index contributed by atoms with van der Waals surface area (Å²) in [6, 6.07) is 78.9. The lowest BCUT2D eigenvalue weighted by molar-refractivity contribution is 0.660. The molecule has 0 fully saturated rings. The maximum atomic E-state index is 2.50. The lowest BCUT2D eigenvalue weighted by Gasteiger charge is -2.35. The Bertz CT molecular complexity index is 2930. The van der Waals surface area contributed by atoms with E-state index < -0.39 is 5.41 Å². The van der Waals surface area contributed by atoms with E-state index in [9.17, 15) is 0 Å². The van der Waals surface area contributed by atoms with Crippen molar-refractivity contribution in [2.75, 3.05) is 4.90 Å². The lowest BCUT2D eigenvalue weighted by atomic mass is 9.67. The van der Waals surface area contributed by atoms with Crippen LogP contribution in [0.15, 0.2) is 212 Å². The molecule has 57 heavy (non-hydrogen) atoms. The zero-order valence-electron chi connectivity index (χ0n) is 32.2. The van der Waals surface area contributed by atoms with Gasteiger partial charge in [0.2, 0.25) is 0 Å². The molecule has 0 unspecified atom stereocenters. The minimum Gasteiger partial charge on any atom is -0.310 e. The second-order valence-corrected chi connectivity index (χ2v) is 16.1. The van der Waals surface area contributed by atoms with Crippen molar-refractivity contribution in [1.29, 1.82) is 0 Å². The summed E-state index contributed by atoms with van der Waals surface area (Å²) in [6.45, 7) is 4.71. The Balaban J connectivity index is 1.21. The Morgan fingerprint density at radius 2 is 0.912 bits per heavy atom. The van der Waals surface area contributed by atoms with Gasteiger partial charge in [0.25, 0.3) is 0 Å². The molecule has 0 radical (unpaired) electrons. The third-order valence-corrected chi connectivity index (χ3v) is 12.7. The van der Waals surface area contributed by atoms with Gasteiger partial charge >= 0.3 is 0 Å². The van der Waals surface area contributed by atoms with Gasteiger partial charge in [-0.05, 0) is 109 Å². The van der Waals surface area contributed by atoms with E-state index in [-0.39, 0.29) is 5.41 Å². The molecule has 0 aromatic heterocycles. The van der Waals surface area contributed by atoms with Gasteiger partial charge in [-0.3, -0.25) is 0 Å². The molecule has 0 N–H and O–H groups in total. The molecule has 9 aromatic rings. The molecule has 0 heterocycles. The highest BCUT2D eigenvalue weighted by atomic mass is 15.1. The molecule has 0 bridgehead atoms. The largest absolute Gasteiger partial charge is 0.310 e. The Morgan fingerprint density at radius 1 is 0.351 bits per heavy atom. The molecule has 9 aromatic carbocycles. The van der Waals surface area contributed by atoms with Crippen LogP contribution in [-0.2, 0) is 10.8 Å². The normalized spacial score (nSPS) is 14.1. The van der Waals surface area contributed by atoms with Crippen LogP contribution in [-0.4, -0.2) is 0 Å². The summed E-state index contributed by atoms with van der Waals surface area (Å²) < 4.78 is 0. The molecule has 0 saturated heterocycles. The van der Waals surface area contributed by atoms with E-state index in [0.717, 1.165) is 17.1 Å². The fourth-order valence-corrected chi connectivity index (χ4v) is 10.1. The maximum absolute atomic E-state index is 2.50. The smallest absolute Gasteiger partial charge is 0.0714 e. The summed E-state index contributed by atoms with van der Waals surface area (Å²) in [4.78, 5) is 2.50. The van der Waals surface area contributed by atoms with E-state index in [2.05, 4.69) is 231 Å². The van der Waals surface area contributed by atoms with Crippen LogP contribution in [0, 0.1) is 0 Å². The highest BCUT2D eigenvalue weighted by Crippen LogP contribution is 2.58. The van der Waals surface area contributed by atoms with Crippen molar-refractivity contribution < 1.29 is 0 Å².